The summed E-state index contributed by atoms with van der Waals surface area (Å²) < 4.78 is 0. The molecule has 0 radical (unpaired) electrons. The minimum absolute atomic E-state index is 0.0555. The number of carbonyl (C=O) groups excluding carboxylic acids is 1. The zero-order valence-electron chi connectivity index (χ0n) is 10.1. The van der Waals surface area contributed by atoms with E-state index >= 15 is 0 Å². The van der Waals surface area contributed by atoms with E-state index in [2.05, 4.69) is 17.2 Å². The minimum atomic E-state index is -0.0555. The van der Waals surface area contributed by atoms with Crippen LogP contribution in [0.25, 0.3) is 0 Å². The summed E-state index contributed by atoms with van der Waals surface area (Å²) in [5, 5.41) is 5.66. The molecule has 5 heteroatoms. The molecule has 2 unspecified atom stereocenters. The Balaban J connectivity index is 1.92. The van der Waals surface area contributed by atoms with Gasteiger partial charge in [-0.15, -0.1) is 11.3 Å². The average Bonchev–Trinajstić information content (AvgIpc) is 2.77. The maximum atomic E-state index is 11.9. The van der Waals surface area contributed by atoms with Gasteiger partial charge in [0, 0.05) is 18.0 Å². The molecule has 0 bridgehead atoms. The van der Waals surface area contributed by atoms with Gasteiger partial charge in [-0.25, -0.2) is 4.98 Å². The van der Waals surface area contributed by atoms with E-state index in [0.29, 0.717) is 24.2 Å². The summed E-state index contributed by atoms with van der Waals surface area (Å²) >= 11 is 1.44. The number of rotatable bonds is 3. The van der Waals surface area contributed by atoms with Gasteiger partial charge in [-0.05, 0) is 18.8 Å². The van der Waals surface area contributed by atoms with Crippen molar-refractivity contribution in [2.24, 2.45) is 11.7 Å². The van der Waals surface area contributed by atoms with E-state index in [-0.39, 0.29) is 5.91 Å². The minimum Gasteiger partial charge on any atom is -0.348 e. The number of nitrogens with one attached hydrogen (secondary N) is 1. The third kappa shape index (κ3) is 3.26. The second-order valence-corrected chi connectivity index (χ2v) is 5.72. The van der Waals surface area contributed by atoms with Crippen molar-refractivity contribution in [1.29, 1.82) is 0 Å². The molecule has 1 aliphatic rings. The molecule has 17 heavy (non-hydrogen) atoms. The van der Waals surface area contributed by atoms with Gasteiger partial charge in [0.25, 0.3) is 5.91 Å². The molecular formula is C12H19N3OS. The molecule has 1 saturated carbocycles. The van der Waals surface area contributed by atoms with E-state index in [4.69, 9.17) is 5.73 Å². The summed E-state index contributed by atoms with van der Waals surface area (Å²) in [4.78, 5) is 16.1. The molecule has 0 aliphatic heterocycles. The van der Waals surface area contributed by atoms with E-state index < -0.39 is 0 Å². The highest BCUT2D eigenvalue weighted by Crippen LogP contribution is 2.23. The number of carbonyl (C=O) groups is 1. The summed E-state index contributed by atoms with van der Waals surface area (Å²) in [7, 11) is 0. The standard InChI is InChI=1S/C12H19N3OS/c1-8-3-2-4-9(5-8)14-12(16)10-7-17-11(6-13)15-10/h7-9H,2-6,13H2,1H3,(H,14,16). The molecule has 1 aromatic heterocycles. The van der Waals surface area contributed by atoms with E-state index in [1.54, 1.807) is 5.38 Å². The van der Waals surface area contributed by atoms with Gasteiger partial charge in [0.05, 0.1) is 0 Å². The molecule has 1 fully saturated rings. The Labute approximate surface area is 106 Å². The van der Waals surface area contributed by atoms with Crippen LogP contribution in [-0.4, -0.2) is 16.9 Å². The normalized spacial score (nSPS) is 24.6. The van der Waals surface area contributed by atoms with Crippen LogP contribution in [0.3, 0.4) is 0 Å². The largest absolute Gasteiger partial charge is 0.348 e. The highest BCUT2D eigenvalue weighted by atomic mass is 32.1. The summed E-state index contributed by atoms with van der Waals surface area (Å²) in [5.41, 5.74) is 5.99. The Hall–Kier alpha value is -0.940. The van der Waals surface area contributed by atoms with Crippen molar-refractivity contribution < 1.29 is 4.79 Å². The second kappa shape index (κ2) is 5.60. The van der Waals surface area contributed by atoms with Gasteiger partial charge < -0.3 is 11.1 Å². The number of hydrogen-bond donors (Lipinski definition) is 2. The predicted octanol–water partition coefficient (Wildman–Crippen LogP) is 1.91. The fourth-order valence-electron chi connectivity index (χ4n) is 2.33. The van der Waals surface area contributed by atoms with Crippen LogP contribution in [0.2, 0.25) is 0 Å². The van der Waals surface area contributed by atoms with Crippen LogP contribution >= 0.6 is 11.3 Å². The highest BCUT2D eigenvalue weighted by Gasteiger charge is 2.21. The van der Waals surface area contributed by atoms with Gasteiger partial charge in [0.2, 0.25) is 0 Å². The lowest BCUT2D eigenvalue weighted by molar-refractivity contribution is 0.0917. The monoisotopic (exact) mass is 253 g/mol. The van der Waals surface area contributed by atoms with Crippen LogP contribution in [0.15, 0.2) is 5.38 Å². The van der Waals surface area contributed by atoms with Gasteiger partial charge in [0.15, 0.2) is 0 Å². The van der Waals surface area contributed by atoms with E-state index in [1.807, 2.05) is 0 Å². The Kier molecular flexibility index (Phi) is 4.12. The van der Waals surface area contributed by atoms with E-state index in [9.17, 15) is 4.79 Å². The first-order valence-electron chi connectivity index (χ1n) is 6.14. The van der Waals surface area contributed by atoms with Crippen molar-refractivity contribution in [3.05, 3.63) is 16.1 Å². The molecule has 0 spiro atoms. The molecule has 1 amide bonds. The summed E-state index contributed by atoms with van der Waals surface area (Å²) in [5.74, 6) is 0.657. The molecule has 2 atom stereocenters. The molecule has 1 aromatic rings. The van der Waals surface area contributed by atoms with Crippen molar-refractivity contribution >= 4 is 17.2 Å². The van der Waals surface area contributed by atoms with Crippen LogP contribution in [0.1, 0.15) is 48.1 Å². The van der Waals surface area contributed by atoms with Crippen molar-refractivity contribution in [3.8, 4) is 0 Å². The number of aromatic nitrogens is 1. The number of amides is 1. The maximum Gasteiger partial charge on any atom is 0.270 e. The molecule has 1 heterocycles. The molecule has 94 valence electrons. The number of nitrogens with two attached hydrogens (primary N) is 1. The molecular weight excluding hydrogens is 234 g/mol. The SMILES string of the molecule is CC1CCCC(NC(=O)c2csc(CN)n2)C1. The smallest absolute Gasteiger partial charge is 0.270 e. The Morgan fingerprint density at radius 1 is 1.65 bits per heavy atom. The zero-order chi connectivity index (χ0) is 12.3. The Bertz CT molecular complexity index is 391. The zero-order valence-corrected chi connectivity index (χ0v) is 10.9. The van der Waals surface area contributed by atoms with Crippen LogP contribution in [0.5, 0.6) is 0 Å². The first-order chi connectivity index (χ1) is 8.19. The van der Waals surface area contributed by atoms with Gasteiger partial charge in [-0.2, -0.15) is 0 Å². The van der Waals surface area contributed by atoms with E-state index in [1.165, 1.54) is 24.2 Å². The van der Waals surface area contributed by atoms with Crippen LogP contribution in [-0.2, 0) is 6.54 Å². The third-order valence-electron chi connectivity index (χ3n) is 3.23. The summed E-state index contributed by atoms with van der Waals surface area (Å²) in [6, 6.07) is 0.314. The van der Waals surface area contributed by atoms with E-state index in [0.717, 1.165) is 17.8 Å². The quantitative estimate of drug-likeness (QED) is 0.864. The lowest BCUT2D eigenvalue weighted by Gasteiger charge is -2.27. The fraction of sp³-hybridized carbons (Fsp3) is 0.667. The van der Waals surface area contributed by atoms with Crippen molar-refractivity contribution in [1.82, 2.24) is 10.3 Å². The third-order valence-corrected chi connectivity index (χ3v) is 4.10. The van der Waals surface area contributed by atoms with Crippen molar-refractivity contribution in [2.75, 3.05) is 0 Å². The van der Waals surface area contributed by atoms with Crippen LogP contribution in [0, 0.1) is 5.92 Å². The van der Waals surface area contributed by atoms with Gasteiger partial charge in [-0.1, -0.05) is 19.8 Å². The van der Waals surface area contributed by atoms with Crippen molar-refractivity contribution in [3.63, 3.8) is 0 Å². The molecule has 1 aliphatic carbocycles. The predicted molar refractivity (Wildman–Crippen MR) is 68.9 cm³/mol. The van der Waals surface area contributed by atoms with Gasteiger partial charge >= 0.3 is 0 Å². The van der Waals surface area contributed by atoms with Crippen LogP contribution < -0.4 is 11.1 Å². The topological polar surface area (TPSA) is 68.0 Å². The molecule has 0 saturated heterocycles. The highest BCUT2D eigenvalue weighted by molar-refractivity contribution is 7.09. The lowest BCUT2D eigenvalue weighted by Crippen LogP contribution is -2.38. The molecule has 0 aromatic carbocycles. The van der Waals surface area contributed by atoms with Crippen LogP contribution in [0.4, 0.5) is 0 Å². The number of hydrogen-bond acceptors (Lipinski definition) is 4. The second-order valence-electron chi connectivity index (χ2n) is 4.77. The number of thiazole rings is 1. The lowest BCUT2D eigenvalue weighted by atomic mass is 9.87. The first kappa shape index (κ1) is 12.5. The fourth-order valence-corrected chi connectivity index (χ4v) is 2.99. The first-order valence-corrected chi connectivity index (χ1v) is 7.02. The van der Waals surface area contributed by atoms with Crippen molar-refractivity contribution in [2.45, 2.75) is 45.2 Å². The van der Waals surface area contributed by atoms with Gasteiger partial charge in [0.1, 0.15) is 10.7 Å². The number of nitrogens with zero attached hydrogens (tertiary/aromatic N) is 1. The summed E-state index contributed by atoms with van der Waals surface area (Å²) in [6.45, 7) is 2.64. The average molecular weight is 253 g/mol. The Morgan fingerprint density at radius 2 is 2.47 bits per heavy atom. The molecule has 4 nitrogen and oxygen atoms in total. The summed E-state index contributed by atoms with van der Waals surface area (Å²) in [6.07, 6.45) is 4.65. The molecule has 3 N–H and O–H groups in total. The Morgan fingerprint density at radius 3 is 3.12 bits per heavy atom. The maximum absolute atomic E-state index is 11.9. The van der Waals surface area contributed by atoms with Gasteiger partial charge in [-0.3, -0.25) is 4.79 Å². The molecule has 2 rings (SSSR count).